The minimum Gasteiger partial charge on any atom is -0.283 e. The molecule has 0 aliphatic rings. The Morgan fingerprint density at radius 2 is 1.88 bits per heavy atom. The quantitative estimate of drug-likeness (QED) is 0.367. The van der Waals surface area contributed by atoms with E-state index in [-0.39, 0.29) is 5.56 Å². The van der Waals surface area contributed by atoms with Crippen LogP contribution in [0.5, 0.6) is 0 Å². The Bertz CT molecular complexity index is 1490. The third-order valence-corrected chi connectivity index (χ3v) is 6.63. The summed E-state index contributed by atoms with van der Waals surface area (Å²) in [5.41, 5.74) is 3.61. The van der Waals surface area contributed by atoms with Gasteiger partial charge in [0.05, 0.1) is 16.9 Å². The maximum absolute atomic E-state index is 13.3. The lowest BCUT2D eigenvalue weighted by Gasteiger charge is -2.07. The summed E-state index contributed by atoms with van der Waals surface area (Å²) >= 11 is 7.75. The summed E-state index contributed by atoms with van der Waals surface area (Å²) in [4.78, 5) is 17.8. The number of halogens is 1. The van der Waals surface area contributed by atoms with Crippen molar-refractivity contribution < 1.29 is 0 Å². The van der Waals surface area contributed by atoms with Crippen LogP contribution in [-0.4, -0.2) is 34.6 Å². The summed E-state index contributed by atoms with van der Waals surface area (Å²) in [5.74, 6) is 0.573. The highest BCUT2D eigenvalue weighted by atomic mass is 35.5. The first-order valence-electron chi connectivity index (χ1n) is 9.84. The topological polar surface area (TPSA) is 83.4 Å². The molecule has 0 saturated heterocycles. The van der Waals surface area contributed by atoms with Gasteiger partial charge in [-0.3, -0.25) is 14.5 Å². The van der Waals surface area contributed by atoms with Crippen LogP contribution in [0.25, 0.3) is 22.3 Å². The normalized spacial score (nSPS) is 11.3. The Morgan fingerprint density at radius 3 is 2.69 bits per heavy atom. The fourth-order valence-electron chi connectivity index (χ4n) is 3.66. The molecule has 0 fully saturated rings. The number of nitrogens with zero attached hydrogens (tertiary/aromatic N) is 7. The van der Waals surface area contributed by atoms with Gasteiger partial charge < -0.3 is 0 Å². The SMILES string of the molecule is Cc1c(-n2nnnc2SCc2ccc(Cl)c3cccnc23)c(=O)n(-c2ccccc2)n1C. The van der Waals surface area contributed by atoms with Gasteiger partial charge >= 0.3 is 0 Å². The van der Waals surface area contributed by atoms with Crippen molar-refractivity contribution in [3.05, 3.63) is 87.4 Å². The van der Waals surface area contributed by atoms with Crippen LogP contribution < -0.4 is 5.56 Å². The molecular weight excluding hydrogens is 446 g/mol. The van der Waals surface area contributed by atoms with Crippen molar-refractivity contribution in [1.29, 1.82) is 0 Å². The summed E-state index contributed by atoms with van der Waals surface area (Å²) in [5, 5.41) is 14.2. The molecule has 8 nitrogen and oxygen atoms in total. The summed E-state index contributed by atoms with van der Waals surface area (Å²) in [6, 6.07) is 17.1. The molecule has 3 aromatic heterocycles. The van der Waals surface area contributed by atoms with Crippen LogP contribution in [-0.2, 0) is 12.8 Å². The minimum absolute atomic E-state index is 0.191. The Hall–Kier alpha value is -3.43. The first kappa shape index (κ1) is 20.5. The molecule has 0 atom stereocenters. The molecule has 0 N–H and O–H groups in total. The Kier molecular flexibility index (Phi) is 5.28. The predicted molar refractivity (Wildman–Crippen MR) is 125 cm³/mol. The van der Waals surface area contributed by atoms with Gasteiger partial charge in [-0.05, 0) is 53.2 Å². The molecule has 0 saturated carbocycles. The minimum atomic E-state index is -0.191. The zero-order valence-electron chi connectivity index (χ0n) is 17.3. The van der Waals surface area contributed by atoms with Gasteiger partial charge in [0.25, 0.3) is 5.56 Å². The van der Waals surface area contributed by atoms with Crippen molar-refractivity contribution in [2.45, 2.75) is 17.8 Å². The van der Waals surface area contributed by atoms with E-state index in [1.807, 2.05) is 68.6 Å². The summed E-state index contributed by atoms with van der Waals surface area (Å²) in [7, 11) is 1.84. The highest BCUT2D eigenvalue weighted by Gasteiger charge is 2.22. The molecule has 5 rings (SSSR count). The molecule has 0 amide bonds. The fraction of sp³-hybridized carbons (Fsp3) is 0.136. The second kappa shape index (κ2) is 8.25. The van der Waals surface area contributed by atoms with Crippen molar-refractivity contribution in [3.8, 4) is 11.4 Å². The van der Waals surface area contributed by atoms with E-state index < -0.39 is 0 Å². The number of thioether (sulfide) groups is 1. The third kappa shape index (κ3) is 3.39. The van der Waals surface area contributed by atoms with Crippen LogP contribution in [0.1, 0.15) is 11.3 Å². The first-order valence-corrected chi connectivity index (χ1v) is 11.2. The number of benzene rings is 2. The molecule has 0 unspecified atom stereocenters. The fourth-order valence-corrected chi connectivity index (χ4v) is 4.74. The van der Waals surface area contributed by atoms with Crippen LogP contribution in [0.15, 0.2) is 70.7 Å². The highest BCUT2D eigenvalue weighted by Crippen LogP contribution is 2.29. The largest absolute Gasteiger partial charge is 0.297 e. The van der Waals surface area contributed by atoms with E-state index in [0.717, 1.165) is 27.8 Å². The summed E-state index contributed by atoms with van der Waals surface area (Å²) in [6.07, 6.45) is 1.75. The molecule has 10 heteroatoms. The number of para-hydroxylation sites is 1. The molecule has 0 radical (unpaired) electrons. The molecule has 0 aliphatic heterocycles. The molecule has 160 valence electrons. The number of fused-ring (bicyclic) bond motifs is 1. The summed E-state index contributed by atoms with van der Waals surface area (Å²) < 4.78 is 4.92. The maximum atomic E-state index is 13.3. The van der Waals surface area contributed by atoms with Gasteiger partial charge in [-0.1, -0.05) is 47.6 Å². The standard InChI is InChI=1S/C22H18ClN7OS/c1-14-20(21(31)30(28(14)2)16-7-4-3-5-8-16)29-22(25-26-27-29)32-13-15-10-11-18(23)17-9-6-12-24-19(15)17/h3-12H,13H2,1-2H3. The van der Waals surface area contributed by atoms with Crippen LogP contribution in [0, 0.1) is 6.92 Å². The van der Waals surface area contributed by atoms with Gasteiger partial charge in [0.15, 0.2) is 5.69 Å². The zero-order valence-corrected chi connectivity index (χ0v) is 18.9. The first-order chi connectivity index (χ1) is 15.6. The van der Waals surface area contributed by atoms with Gasteiger partial charge in [0, 0.05) is 29.4 Å². The van der Waals surface area contributed by atoms with E-state index in [1.54, 1.807) is 15.6 Å². The number of pyridine rings is 1. The van der Waals surface area contributed by atoms with E-state index in [1.165, 1.54) is 16.4 Å². The van der Waals surface area contributed by atoms with Crippen molar-refractivity contribution in [2.24, 2.45) is 7.05 Å². The summed E-state index contributed by atoms with van der Waals surface area (Å²) in [6.45, 7) is 1.88. The van der Waals surface area contributed by atoms with E-state index in [9.17, 15) is 4.79 Å². The van der Waals surface area contributed by atoms with Gasteiger partial charge in [0.2, 0.25) is 5.16 Å². The van der Waals surface area contributed by atoms with Gasteiger partial charge in [0.1, 0.15) is 0 Å². The Morgan fingerprint density at radius 1 is 1.06 bits per heavy atom. The van der Waals surface area contributed by atoms with Crippen LogP contribution in [0.4, 0.5) is 0 Å². The molecule has 0 aliphatic carbocycles. The monoisotopic (exact) mass is 463 g/mol. The number of rotatable bonds is 5. The lowest BCUT2D eigenvalue weighted by Crippen LogP contribution is -2.22. The number of tetrazole rings is 1. The molecule has 5 aromatic rings. The van der Waals surface area contributed by atoms with Crippen molar-refractivity contribution in [2.75, 3.05) is 0 Å². The van der Waals surface area contributed by atoms with Crippen molar-refractivity contribution >= 4 is 34.3 Å². The van der Waals surface area contributed by atoms with Crippen molar-refractivity contribution in [3.63, 3.8) is 0 Å². The van der Waals surface area contributed by atoms with Gasteiger partial charge in [-0.2, -0.15) is 4.68 Å². The molecule has 2 aromatic carbocycles. The predicted octanol–water partition coefficient (Wildman–Crippen LogP) is 3.95. The van der Waals surface area contributed by atoms with Crippen molar-refractivity contribution in [1.82, 2.24) is 34.6 Å². The number of aromatic nitrogens is 7. The molecule has 0 spiro atoms. The second-order valence-corrected chi connectivity index (χ2v) is 8.53. The van der Waals surface area contributed by atoms with E-state index in [0.29, 0.717) is 21.6 Å². The highest BCUT2D eigenvalue weighted by molar-refractivity contribution is 7.98. The van der Waals surface area contributed by atoms with Crippen LogP contribution in [0.3, 0.4) is 0 Å². The Labute approximate surface area is 192 Å². The Balaban J connectivity index is 1.52. The molecule has 32 heavy (non-hydrogen) atoms. The van der Waals surface area contributed by atoms with E-state index in [2.05, 4.69) is 20.5 Å². The van der Waals surface area contributed by atoms with Gasteiger partial charge in [-0.25, -0.2) is 4.68 Å². The average molecular weight is 464 g/mol. The number of hydrogen-bond acceptors (Lipinski definition) is 6. The molecular formula is C22H18ClN7OS. The van der Waals surface area contributed by atoms with Gasteiger partial charge in [-0.15, -0.1) is 5.10 Å². The van der Waals surface area contributed by atoms with Crippen LogP contribution >= 0.6 is 23.4 Å². The lowest BCUT2D eigenvalue weighted by molar-refractivity contribution is 0.630. The third-order valence-electron chi connectivity index (χ3n) is 5.33. The molecule has 3 heterocycles. The average Bonchev–Trinajstić information content (AvgIpc) is 3.35. The second-order valence-electron chi connectivity index (χ2n) is 7.18. The van der Waals surface area contributed by atoms with E-state index >= 15 is 0 Å². The van der Waals surface area contributed by atoms with Crippen LogP contribution in [0.2, 0.25) is 5.02 Å². The zero-order chi connectivity index (χ0) is 22.2. The van der Waals surface area contributed by atoms with E-state index in [4.69, 9.17) is 11.6 Å². The lowest BCUT2D eigenvalue weighted by atomic mass is 10.1. The molecule has 0 bridgehead atoms. The number of hydrogen-bond donors (Lipinski definition) is 0. The maximum Gasteiger partial charge on any atom is 0.297 e. The smallest absolute Gasteiger partial charge is 0.283 e.